The van der Waals surface area contributed by atoms with E-state index in [1.807, 2.05) is 57.2 Å². The first kappa shape index (κ1) is 23.9. The van der Waals surface area contributed by atoms with Gasteiger partial charge in [0.2, 0.25) is 0 Å². The number of nitrogens with one attached hydrogen (secondary N) is 2. The minimum absolute atomic E-state index is 0. The molecule has 0 aromatic heterocycles. The molecular weight excluding hydrogens is 469 g/mol. The van der Waals surface area contributed by atoms with Crippen LogP contribution in [0.1, 0.15) is 25.0 Å². The topological polar surface area (TPSA) is 75.1 Å². The van der Waals surface area contributed by atoms with Gasteiger partial charge in [0.1, 0.15) is 11.9 Å². The highest BCUT2D eigenvalue weighted by atomic mass is 127. The van der Waals surface area contributed by atoms with Crippen LogP contribution in [-0.4, -0.2) is 37.4 Å². The van der Waals surface area contributed by atoms with Gasteiger partial charge >= 0.3 is 0 Å². The van der Waals surface area contributed by atoms with E-state index in [4.69, 9.17) is 9.47 Å². The quantitative estimate of drug-likeness (QED) is 0.292. The number of hydrogen-bond donors (Lipinski definition) is 3. The van der Waals surface area contributed by atoms with Crippen LogP contribution in [0.25, 0.3) is 0 Å². The maximum atomic E-state index is 10.2. The van der Waals surface area contributed by atoms with Gasteiger partial charge < -0.3 is 25.2 Å². The largest absolute Gasteiger partial charge is 0.504 e. The Morgan fingerprint density at radius 1 is 1.18 bits per heavy atom. The number of rotatable bonds is 8. The number of hydrogen-bond acceptors (Lipinski definition) is 4. The van der Waals surface area contributed by atoms with E-state index in [0.717, 1.165) is 12.3 Å². The number of para-hydroxylation sites is 1. The average Bonchev–Trinajstić information content (AvgIpc) is 2.65. The molecule has 0 saturated carbocycles. The fourth-order valence-corrected chi connectivity index (χ4v) is 2.57. The Labute approximate surface area is 184 Å². The minimum Gasteiger partial charge on any atom is -0.504 e. The molecule has 2 rings (SSSR count). The minimum atomic E-state index is -0.0270. The third-order valence-corrected chi connectivity index (χ3v) is 3.94. The number of halogens is 1. The number of aliphatic imine (C=N–C) groups is 1. The summed E-state index contributed by atoms with van der Waals surface area (Å²) in [4.78, 5) is 4.54. The van der Waals surface area contributed by atoms with Gasteiger partial charge in [-0.25, -0.2) is 4.99 Å². The van der Waals surface area contributed by atoms with Crippen LogP contribution in [0.15, 0.2) is 47.5 Å². The normalized spacial score (nSPS) is 11.9. The Morgan fingerprint density at radius 3 is 2.61 bits per heavy atom. The van der Waals surface area contributed by atoms with Gasteiger partial charge in [-0.3, -0.25) is 0 Å². The van der Waals surface area contributed by atoms with Gasteiger partial charge in [0.25, 0.3) is 0 Å². The van der Waals surface area contributed by atoms with E-state index in [-0.39, 0.29) is 35.8 Å². The van der Waals surface area contributed by atoms with Crippen molar-refractivity contribution >= 4 is 29.9 Å². The van der Waals surface area contributed by atoms with Crippen LogP contribution in [0.3, 0.4) is 0 Å². The molecule has 0 heterocycles. The summed E-state index contributed by atoms with van der Waals surface area (Å²) in [5, 5.41) is 16.7. The van der Waals surface area contributed by atoms with Crippen LogP contribution in [0.2, 0.25) is 0 Å². The third kappa shape index (κ3) is 7.46. The summed E-state index contributed by atoms with van der Waals surface area (Å²) >= 11 is 0. The number of aromatic hydroxyl groups is 1. The molecule has 0 radical (unpaired) electrons. The zero-order valence-electron chi connectivity index (χ0n) is 16.9. The number of aryl methyl sites for hydroxylation is 1. The number of nitrogens with zero attached hydrogens (tertiary/aromatic N) is 1. The summed E-state index contributed by atoms with van der Waals surface area (Å²) in [6.45, 7) is 7.73. The van der Waals surface area contributed by atoms with Gasteiger partial charge in [-0.05, 0) is 44.5 Å². The van der Waals surface area contributed by atoms with Crippen LogP contribution < -0.4 is 20.1 Å². The molecule has 0 aliphatic carbocycles. The first-order chi connectivity index (χ1) is 13.0. The van der Waals surface area contributed by atoms with E-state index in [2.05, 4.69) is 15.6 Å². The van der Waals surface area contributed by atoms with Crippen LogP contribution in [-0.2, 0) is 6.54 Å². The number of phenolic OH excluding ortho intramolecular Hbond substituents is 1. The Hall–Kier alpha value is -2.16. The highest BCUT2D eigenvalue weighted by Crippen LogP contribution is 2.29. The molecule has 28 heavy (non-hydrogen) atoms. The summed E-state index contributed by atoms with van der Waals surface area (Å²) in [6, 6.07) is 13.4. The molecule has 0 bridgehead atoms. The molecule has 2 aromatic rings. The van der Waals surface area contributed by atoms with Crippen molar-refractivity contribution in [1.82, 2.24) is 10.6 Å². The van der Waals surface area contributed by atoms with Gasteiger partial charge in [-0.2, -0.15) is 0 Å². The van der Waals surface area contributed by atoms with Gasteiger partial charge in [-0.15, -0.1) is 24.0 Å². The molecular formula is C21H30IN3O3. The van der Waals surface area contributed by atoms with Crippen molar-refractivity contribution in [3.8, 4) is 17.2 Å². The second-order valence-corrected chi connectivity index (χ2v) is 6.29. The van der Waals surface area contributed by atoms with Crippen molar-refractivity contribution in [1.29, 1.82) is 0 Å². The van der Waals surface area contributed by atoms with Crippen molar-refractivity contribution in [2.45, 2.75) is 33.4 Å². The molecule has 0 spiro atoms. The molecule has 0 amide bonds. The molecule has 7 heteroatoms. The third-order valence-electron chi connectivity index (χ3n) is 3.94. The van der Waals surface area contributed by atoms with Gasteiger partial charge in [0, 0.05) is 12.1 Å². The molecule has 0 fully saturated rings. The molecule has 1 unspecified atom stereocenters. The Balaban J connectivity index is 0.00000392. The SMILES string of the molecule is CCNC(=NCc1cccc(OC)c1O)NCC(C)Oc1cccc(C)c1.I. The number of methoxy groups -OCH3 is 1. The lowest BCUT2D eigenvalue weighted by Gasteiger charge is -2.18. The number of guanidine groups is 1. The summed E-state index contributed by atoms with van der Waals surface area (Å²) < 4.78 is 11.1. The molecule has 0 aliphatic rings. The number of phenols is 1. The number of ether oxygens (including phenoxy) is 2. The maximum absolute atomic E-state index is 10.2. The lowest BCUT2D eigenvalue weighted by atomic mass is 10.2. The predicted molar refractivity (Wildman–Crippen MR) is 124 cm³/mol. The lowest BCUT2D eigenvalue weighted by molar-refractivity contribution is 0.223. The lowest BCUT2D eigenvalue weighted by Crippen LogP contribution is -2.41. The van der Waals surface area contributed by atoms with Gasteiger partial charge in [0.05, 0.1) is 20.2 Å². The Kier molecular flexibility index (Phi) is 10.5. The highest BCUT2D eigenvalue weighted by Gasteiger charge is 2.09. The average molecular weight is 499 g/mol. The van der Waals surface area contributed by atoms with E-state index in [1.165, 1.54) is 12.7 Å². The summed E-state index contributed by atoms with van der Waals surface area (Å²) in [5.41, 5.74) is 1.87. The van der Waals surface area contributed by atoms with Gasteiger partial charge in [-0.1, -0.05) is 24.3 Å². The first-order valence-electron chi connectivity index (χ1n) is 9.13. The van der Waals surface area contributed by atoms with Crippen molar-refractivity contribution < 1.29 is 14.6 Å². The Bertz CT molecular complexity index is 768. The molecule has 1 atom stereocenters. The summed E-state index contributed by atoms with van der Waals surface area (Å²) in [5.74, 6) is 2.09. The smallest absolute Gasteiger partial charge is 0.191 e. The Morgan fingerprint density at radius 2 is 1.93 bits per heavy atom. The van der Waals surface area contributed by atoms with Crippen LogP contribution in [0.4, 0.5) is 0 Å². The second-order valence-electron chi connectivity index (χ2n) is 6.29. The molecule has 154 valence electrons. The van der Waals surface area contributed by atoms with Crippen molar-refractivity contribution in [3.05, 3.63) is 53.6 Å². The first-order valence-corrected chi connectivity index (χ1v) is 9.13. The monoisotopic (exact) mass is 499 g/mol. The van der Waals surface area contributed by atoms with Crippen LogP contribution in [0, 0.1) is 6.92 Å². The van der Waals surface area contributed by atoms with Crippen molar-refractivity contribution in [3.63, 3.8) is 0 Å². The fraction of sp³-hybridized carbons (Fsp3) is 0.381. The van der Waals surface area contributed by atoms with E-state index < -0.39 is 0 Å². The summed E-state index contributed by atoms with van der Waals surface area (Å²) in [7, 11) is 1.53. The van der Waals surface area contributed by atoms with E-state index in [9.17, 15) is 5.11 Å². The summed E-state index contributed by atoms with van der Waals surface area (Å²) in [6.07, 6.45) is -0.0270. The molecule has 3 N–H and O–H groups in total. The molecule has 6 nitrogen and oxygen atoms in total. The molecule has 0 aliphatic heterocycles. The van der Waals surface area contributed by atoms with E-state index in [1.54, 1.807) is 6.07 Å². The molecule has 0 saturated heterocycles. The molecule has 2 aromatic carbocycles. The highest BCUT2D eigenvalue weighted by molar-refractivity contribution is 14.0. The maximum Gasteiger partial charge on any atom is 0.191 e. The second kappa shape index (κ2) is 12.3. The zero-order valence-corrected chi connectivity index (χ0v) is 19.2. The standard InChI is InChI=1S/C21H29N3O3.HI/c1-5-22-21(24-14-17-9-7-11-19(26-4)20(17)25)23-13-16(3)27-18-10-6-8-15(2)12-18;/h6-12,16,25H,5,13-14H2,1-4H3,(H2,22,23,24);1H. The predicted octanol–water partition coefficient (Wildman–Crippen LogP) is 3.85. The zero-order chi connectivity index (χ0) is 19.6. The van der Waals surface area contributed by atoms with Gasteiger partial charge in [0.15, 0.2) is 17.5 Å². The number of benzene rings is 2. The van der Waals surface area contributed by atoms with E-state index >= 15 is 0 Å². The fourth-order valence-electron chi connectivity index (χ4n) is 2.57. The van der Waals surface area contributed by atoms with E-state index in [0.29, 0.717) is 30.4 Å². The van der Waals surface area contributed by atoms with Crippen LogP contribution >= 0.6 is 24.0 Å². The van der Waals surface area contributed by atoms with Crippen molar-refractivity contribution in [2.75, 3.05) is 20.2 Å². The van der Waals surface area contributed by atoms with Crippen molar-refractivity contribution in [2.24, 2.45) is 4.99 Å². The van der Waals surface area contributed by atoms with Crippen LogP contribution in [0.5, 0.6) is 17.2 Å².